The Morgan fingerprint density at radius 3 is 2.35 bits per heavy atom. The van der Waals surface area contributed by atoms with E-state index in [0.29, 0.717) is 32.1 Å². The molecule has 2 aromatic rings. The average molecular weight is 447 g/mol. The third-order valence-corrected chi connectivity index (χ3v) is 7.23. The number of carbonyl (C=O) groups excluding carboxylic acids is 1. The first-order chi connectivity index (χ1) is 14.6. The van der Waals surface area contributed by atoms with E-state index in [1.807, 2.05) is 33.8 Å². The fourth-order valence-electron chi connectivity index (χ4n) is 3.77. The third kappa shape index (κ3) is 5.08. The molecule has 31 heavy (non-hydrogen) atoms. The molecule has 2 aromatic carbocycles. The lowest BCUT2D eigenvalue weighted by molar-refractivity contribution is 0.0300. The van der Waals surface area contributed by atoms with Gasteiger partial charge in [0.1, 0.15) is 5.75 Å². The Kier molecular flexibility index (Phi) is 7.03. The first-order valence-electron chi connectivity index (χ1n) is 10.3. The van der Waals surface area contributed by atoms with Gasteiger partial charge in [0, 0.05) is 19.1 Å². The summed E-state index contributed by atoms with van der Waals surface area (Å²) in [6.45, 7) is 9.66. The molecule has 0 bridgehead atoms. The van der Waals surface area contributed by atoms with Crippen molar-refractivity contribution in [2.75, 3.05) is 33.4 Å². The number of methoxy groups -OCH3 is 1. The maximum Gasteiger partial charge on any atom is 0.257 e. The Labute approximate surface area is 184 Å². The number of morpholine rings is 1. The standard InChI is InChI=1S/C23H30N2O5S/c1-15-12-17(3)20(13-16(15)2)18(4)24-31(27,28)19-6-7-22(29-5)21(14-19)23(26)25-8-10-30-11-9-25/h6-7,12-14,18,24H,8-11H2,1-5H3/t18-/m1/s1. The van der Waals surface area contributed by atoms with Gasteiger partial charge in [-0.05, 0) is 68.1 Å². The third-order valence-electron chi connectivity index (χ3n) is 5.69. The van der Waals surface area contributed by atoms with Gasteiger partial charge in [0.2, 0.25) is 10.0 Å². The second-order valence-corrected chi connectivity index (χ2v) is 9.62. The molecule has 0 spiro atoms. The van der Waals surface area contributed by atoms with Gasteiger partial charge in [0.05, 0.1) is 30.8 Å². The van der Waals surface area contributed by atoms with Crippen molar-refractivity contribution in [1.29, 1.82) is 0 Å². The minimum Gasteiger partial charge on any atom is -0.496 e. The molecule has 168 valence electrons. The number of aryl methyl sites for hydroxylation is 3. The minimum absolute atomic E-state index is 0.0262. The topological polar surface area (TPSA) is 84.9 Å². The number of nitrogens with one attached hydrogen (secondary N) is 1. The molecule has 1 N–H and O–H groups in total. The SMILES string of the molecule is COc1ccc(S(=O)(=O)N[C@H](C)c2cc(C)c(C)cc2C)cc1C(=O)N1CCOCC1. The first-order valence-corrected chi connectivity index (χ1v) is 11.8. The number of amides is 1. The van der Waals surface area contributed by atoms with E-state index in [4.69, 9.17) is 9.47 Å². The molecule has 1 amide bonds. The van der Waals surface area contributed by atoms with Crippen LogP contribution in [0.3, 0.4) is 0 Å². The summed E-state index contributed by atoms with van der Waals surface area (Å²) in [5.74, 6) is 0.0729. The smallest absolute Gasteiger partial charge is 0.257 e. The van der Waals surface area contributed by atoms with Crippen molar-refractivity contribution in [3.05, 3.63) is 58.1 Å². The summed E-state index contributed by atoms with van der Waals surface area (Å²) in [7, 11) is -2.40. The van der Waals surface area contributed by atoms with Crippen molar-refractivity contribution in [3.63, 3.8) is 0 Å². The van der Waals surface area contributed by atoms with E-state index < -0.39 is 16.1 Å². The van der Waals surface area contributed by atoms with E-state index in [2.05, 4.69) is 10.8 Å². The van der Waals surface area contributed by atoms with E-state index in [9.17, 15) is 13.2 Å². The van der Waals surface area contributed by atoms with E-state index in [1.54, 1.807) is 4.90 Å². The molecule has 0 saturated carbocycles. The van der Waals surface area contributed by atoms with Crippen molar-refractivity contribution >= 4 is 15.9 Å². The van der Waals surface area contributed by atoms with E-state index in [-0.39, 0.29) is 16.4 Å². The summed E-state index contributed by atoms with van der Waals surface area (Å²) >= 11 is 0. The molecule has 0 unspecified atom stereocenters. The van der Waals surface area contributed by atoms with Crippen LogP contribution < -0.4 is 9.46 Å². The molecule has 1 aliphatic rings. The predicted molar refractivity (Wildman–Crippen MR) is 119 cm³/mol. The van der Waals surface area contributed by atoms with Gasteiger partial charge in [-0.15, -0.1) is 0 Å². The van der Waals surface area contributed by atoms with Crippen LogP contribution >= 0.6 is 0 Å². The fraction of sp³-hybridized carbons (Fsp3) is 0.435. The van der Waals surface area contributed by atoms with Crippen molar-refractivity contribution in [2.24, 2.45) is 0 Å². The maximum atomic E-state index is 13.1. The zero-order valence-electron chi connectivity index (χ0n) is 18.7. The number of carbonyl (C=O) groups is 1. The summed E-state index contributed by atoms with van der Waals surface area (Å²) < 4.78 is 39.6. The number of ether oxygens (including phenoxy) is 2. The molecule has 8 heteroatoms. The second-order valence-electron chi connectivity index (χ2n) is 7.90. The number of benzene rings is 2. The molecule has 1 fully saturated rings. The predicted octanol–water partition coefficient (Wildman–Crippen LogP) is 3.13. The summed E-state index contributed by atoms with van der Waals surface area (Å²) in [6, 6.07) is 8.01. The number of nitrogens with zero attached hydrogens (tertiary/aromatic N) is 1. The van der Waals surface area contributed by atoms with Gasteiger partial charge in [0.15, 0.2) is 0 Å². The Hall–Kier alpha value is -2.42. The number of hydrogen-bond donors (Lipinski definition) is 1. The van der Waals surface area contributed by atoms with Crippen LogP contribution in [0.5, 0.6) is 5.75 Å². The second kappa shape index (κ2) is 9.38. The van der Waals surface area contributed by atoms with E-state index >= 15 is 0 Å². The first kappa shape index (κ1) is 23.2. The summed E-state index contributed by atoms with van der Waals surface area (Å²) in [4.78, 5) is 14.7. The van der Waals surface area contributed by atoms with Gasteiger partial charge in [-0.3, -0.25) is 4.79 Å². The lowest BCUT2D eigenvalue weighted by Crippen LogP contribution is -2.40. The monoisotopic (exact) mass is 446 g/mol. The summed E-state index contributed by atoms with van der Waals surface area (Å²) in [5.41, 5.74) is 4.44. The fourth-order valence-corrected chi connectivity index (χ4v) is 5.02. The quantitative estimate of drug-likeness (QED) is 0.737. The highest BCUT2D eigenvalue weighted by Gasteiger charge is 2.26. The zero-order chi connectivity index (χ0) is 22.8. The van der Waals surface area contributed by atoms with Gasteiger partial charge in [-0.2, -0.15) is 0 Å². The molecule has 1 saturated heterocycles. The van der Waals surface area contributed by atoms with E-state index in [1.165, 1.54) is 25.3 Å². The van der Waals surface area contributed by atoms with Crippen molar-refractivity contribution in [3.8, 4) is 5.75 Å². The van der Waals surface area contributed by atoms with E-state index in [0.717, 1.165) is 22.3 Å². The van der Waals surface area contributed by atoms with Crippen LogP contribution in [0.2, 0.25) is 0 Å². The van der Waals surface area contributed by atoms with Crippen LogP contribution in [-0.2, 0) is 14.8 Å². The normalized spacial score (nSPS) is 15.6. The van der Waals surface area contributed by atoms with Crippen LogP contribution in [0, 0.1) is 20.8 Å². The molecular formula is C23H30N2O5S. The molecule has 7 nitrogen and oxygen atoms in total. The Morgan fingerprint density at radius 2 is 1.71 bits per heavy atom. The van der Waals surface area contributed by atoms with Crippen LogP contribution in [0.4, 0.5) is 0 Å². The Balaban J connectivity index is 1.90. The highest BCUT2D eigenvalue weighted by molar-refractivity contribution is 7.89. The van der Waals surface area contributed by atoms with Crippen molar-refractivity contribution in [1.82, 2.24) is 9.62 Å². The Bertz CT molecular complexity index is 1080. The highest BCUT2D eigenvalue weighted by Crippen LogP contribution is 2.27. The van der Waals surface area contributed by atoms with Gasteiger partial charge >= 0.3 is 0 Å². The number of sulfonamides is 1. The molecule has 0 radical (unpaired) electrons. The average Bonchev–Trinajstić information content (AvgIpc) is 2.75. The Morgan fingerprint density at radius 1 is 1.06 bits per heavy atom. The van der Waals surface area contributed by atoms with Crippen LogP contribution in [0.1, 0.15) is 45.6 Å². The van der Waals surface area contributed by atoms with Gasteiger partial charge in [-0.25, -0.2) is 13.1 Å². The van der Waals surface area contributed by atoms with Crippen molar-refractivity contribution < 1.29 is 22.7 Å². The molecule has 3 rings (SSSR count). The minimum atomic E-state index is -3.86. The number of hydrogen-bond acceptors (Lipinski definition) is 5. The molecule has 1 atom stereocenters. The molecular weight excluding hydrogens is 416 g/mol. The van der Waals surface area contributed by atoms with Crippen LogP contribution in [0.15, 0.2) is 35.2 Å². The van der Waals surface area contributed by atoms with Gasteiger partial charge in [-0.1, -0.05) is 12.1 Å². The number of rotatable bonds is 6. The highest BCUT2D eigenvalue weighted by atomic mass is 32.2. The zero-order valence-corrected chi connectivity index (χ0v) is 19.5. The maximum absolute atomic E-state index is 13.1. The molecule has 1 aliphatic heterocycles. The molecule has 0 aliphatic carbocycles. The lowest BCUT2D eigenvalue weighted by Gasteiger charge is -2.27. The molecule has 1 heterocycles. The van der Waals surface area contributed by atoms with Gasteiger partial charge < -0.3 is 14.4 Å². The van der Waals surface area contributed by atoms with Crippen LogP contribution in [-0.4, -0.2) is 52.6 Å². The van der Waals surface area contributed by atoms with Crippen LogP contribution in [0.25, 0.3) is 0 Å². The largest absolute Gasteiger partial charge is 0.496 e. The lowest BCUT2D eigenvalue weighted by atomic mass is 9.97. The summed E-state index contributed by atoms with van der Waals surface area (Å²) in [5, 5.41) is 0. The van der Waals surface area contributed by atoms with Crippen molar-refractivity contribution in [2.45, 2.75) is 38.6 Å². The molecule has 0 aromatic heterocycles. The van der Waals surface area contributed by atoms with Gasteiger partial charge in [0.25, 0.3) is 5.91 Å². The summed E-state index contributed by atoms with van der Waals surface area (Å²) in [6.07, 6.45) is 0.